The molecule has 0 aliphatic carbocycles. The van der Waals surface area contributed by atoms with E-state index < -0.39 is 5.72 Å². The van der Waals surface area contributed by atoms with E-state index in [1.807, 2.05) is 25.1 Å². The largest absolute Gasteiger partial charge is 0.493 e. The minimum atomic E-state index is -0.890. The fraction of sp³-hybridized carbons (Fsp3) is 0.333. The Morgan fingerprint density at radius 1 is 1.22 bits per heavy atom. The Morgan fingerprint density at radius 3 is 2.70 bits per heavy atom. The average molecular weight is 503 g/mol. The number of nitrogens with two attached hydrogens (primary N) is 2. The van der Waals surface area contributed by atoms with Crippen LogP contribution in [0.15, 0.2) is 47.6 Å². The highest BCUT2D eigenvalue weighted by molar-refractivity contribution is 6.03. The highest BCUT2D eigenvalue weighted by Crippen LogP contribution is 2.35. The zero-order valence-electron chi connectivity index (χ0n) is 20.9. The lowest BCUT2D eigenvalue weighted by atomic mass is 9.96. The van der Waals surface area contributed by atoms with Gasteiger partial charge in [0.2, 0.25) is 0 Å². The van der Waals surface area contributed by atoms with Crippen molar-refractivity contribution in [2.75, 3.05) is 19.7 Å². The number of carbonyl (C=O) groups is 2. The van der Waals surface area contributed by atoms with Gasteiger partial charge in [-0.15, -0.1) is 0 Å². The number of piperidine rings is 1. The number of amides is 2. The van der Waals surface area contributed by atoms with Gasteiger partial charge in [-0.25, -0.2) is 4.98 Å². The van der Waals surface area contributed by atoms with Crippen LogP contribution in [0.1, 0.15) is 58.7 Å². The van der Waals surface area contributed by atoms with Gasteiger partial charge in [0.1, 0.15) is 23.0 Å². The molecule has 2 aliphatic rings. The summed E-state index contributed by atoms with van der Waals surface area (Å²) in [4.78, 5) is 32.9. The number of hydrogen-bond acceptors (Lipinski definition) is 7. The Kier molecular flexibility index (Phi) is 6.32. The maximum absolute atomic E-state index is 13.5. The highest BCUT2D eigenvalue weighted by atomic mass is 16.5. The van der Waals surface area contributed by atoms with Gasteiger partial charge in [-0.2, -0.15) is 5.10 Å². The van der Waals surface area contributed by atoms with E-state index in [4.69, 9.17) is 26.0 Å². The van der Waals surface area contributed by atoms with Crippen LogP contribution in [0, 0.1) is 0 Å². The van der Waals surface area contributed by atoms with Crippen LogP contribution in [0.4, 0.5) is 0 Å². The first-order valence-corrected chi connectivity index (χ1v) is 12.4. The Labute approximate surface area is 214 Å². The lowest BCUT2D eigenvalue weighted by Gasteiger charge is -2.44. The zero-order chi connectivity index (χ0) is 26.2. The van der Waals surface area contributed by atoms with Gasteiger partial charge in [-0.05, 0) is 43.2 Å². The molecule has 0 radical (unpaired) electrons. The van der Waals surface area contributed by atoms with Crippen LogP contribution in [0.5, 0.6) is 11.5 Å². The summed E-state index contributed by atoms with van der Waals surface area (Å²) >= 11 is 0. The number of benzene rings is 2. The summed E-state index contributed by atoms with van der Waals surface area (Å²) in [5, 5.41) is 7.37. The molecule has 2 aliphatic heterocycles. The third kappa shape index (κ3) is 4.39. The molecule has 2 amide bonds. The average Bonchev–Trinajstić information content (AvgIpc) is 2.92. The fourth-order valence-corrected chi connectivity index (χ4v) is 4.95. The van der Waals surface area contributed by atoms with Gasteiger partial charge in [0, 0.05) is 42.9 Å². The molecule has 3 heterocycles. The molecule has 1 fully saturated rings. The molecule has 10 heteroatoms. The van der Waals surface area contributed by atoms with E-state index in [0.29, 0.717) is 60.9 Å². The second-order valence-corrected chi connectivity index (χ2v) is 9.17. The standard InChI is InChI=1S/C27H30N6O4/c1-3-16-6-5-7-18-22(36-4-2)15-20(30-23(16)18)26(35)33-12-10-27(11-13-33)31-25(34)19-14-17(24(28)32-29)8-9-21(19)37-27/h5-9,14-15H,3-4,10-13,29H2,1-2H3,(H2,28,32)(H,31,34). The number of hydrazone groups is 1. The number of aromatic nitrogens is 1. The molecule has 3 aromatic rings. The number of pyridine rings is 1. The van der Waals surface area contributed by atoms with Crippen molar-refractivity contribution in [1.29, 1.82) is 0 Å². The summed E-state index contributed by atoms with van der Waals surface area (Å²) in [5.41, 5.74) is 7.98. The molecule has 1 spiro atoms. The van der Waals surface area contributed by atoms with E-state index in [-0.39, 0.29) is 17.6 Å². The molecule has 1 saturated heterocycles. The van der Waals surface area contributed by atoms with Crippen LogP contribution in [0.25, 0.3) is 10.9 Å². The quantitative estimate of drug-likeness (QED) is 0.210. The number of para-hydroxylation sites is 1. The van der Waals surface area contributed by atoms with E-state index in [0.717, 1.165) is 22.9 Å². The fourth-order valence-electron chi connectivity index (χ4n) is 4.95. The summed E-state index contributed by atoms with van der Waals surface area (Å²) in [5.74, 6) is 6.06. The lowest BCUT2D eigenvalue weighted by molar-refractivity contribution is -0.0246. The number of nitrogens with one attached hydrogen (secondary N) is 1. The summed E-state index contributed by atoms with van der Waals surface area (Å²) in [6, 6.07) is 12.7. The molecular weight excluding hydrogens is 472 g/mol. The molecule has 0 atom stereocenters. The van der Waals surface area contributed by atoms with Gasteiger partial charge < -0.3 is 31.3 Å². The van der Waals surface area contributed by atoms with Crippen molar-refractivity contribution in [3.63, 3.8) is 0 Å². The van der Waals surface area contributed by atoms with Gasteiger partial charge in [0.15, 0.2) is 5.72 Å². The summed E-state index contributed by atoms with van der Waals surface area (Å²) in [6.45, 7) is 5.27. The van der Waals surface area contributed by atoms with Crippen molar-refractivity contribution in [2.45, 2.75) is 38.8 Å². The van der Waals surface area contributed by atoms with Crippen molar-refractivity contribution in [1.82, 2.24) is 15.2 Å². The molecule has 5 N–H and O–H groups in total. The number of rotatable bonds is 5. The molecule has 1 aromatic heterocycles. The lowest BCUT2D eigenvalue weighted by Crippen LogP contribution is -2.61. The number of ether oxygens (including phenoxy) is 2. The van der Waals surface area contributed by atoms with Crippen LogP contribution in [-0.2, 0) is 6.42 Å². The Balaban J connectivity index is 1.36. The van der Waals surface area contributed by atoms with Gasteiger partial charge in [-0.3, -0.25) is 9.59 Å². The minimum absolute atomic E-state index is 0.128. The predicted octanol–water partition coefficient (Wildman–Crippen LogP) is 2.53. The van der Waals surface area contributed by atoms with Crippen LogP contribution in [-0.4, -0.2) is 53.0 Å². The molecule has 0 unspecified atom stereocenters. The highest BCUT2D eigenvalue weighted by Gasteiger charge is 2.43. The molecule has 192 valence electrons. The normalized spacial score (nSPS) is 16.8. The van der Waals surface area contributed by atoms with E-state index in [1.165, 1.54) is 0 Å². The van der Waals surface area contributed by atoms with Crippen LogP contribution < -0.4 is 26.4 Å². The maximum atomic E-state index is 13.5. The molecule has 0 saturated carbocycles. The smallest absolute Gasteiger partial charge is 0.272 e. The van der Waals surface area contributed by atoms with Gasteiger partial charge in [0.05, 0.1) is 17.7 Å². The molecule has 2 aromatic carbocycles. The number of likely N-dealkylation sites (tertiary alicyclic amines) is 1. The number of nitrogens with zero attached hydrogens (tertiary/aromatic N) is 3. The maximum Gasteiger partial charge on any atom is 0.272 e. The number of amidine groups is 1. The number of hydrogen-bond donors (Lipinski definition) is 3. The SMILES string of the molecule is CCOc1cc(C(=O)N2CCC3(CC2)NC(=O)c2cc(C(N)=NN)ccc2O3)nc2c(CC)cccc12. The molecular formula is C27H30N6O4. The first-order chi connectivity index (χ1) is 17.9. The first-order valence-electron chi connectivity index (χ1n) is 12.4. The van der Waals surface area contributed by atoms with E-state index in [2.05, 4.69) is 17.3 Å². The molecule has 37 heavy (non-hydrogen) atoms. The molecule has 5 rings (SSSR count). The Morgan fingerprint density at radius 2 is 2.00 bits per heavy atom. The number of fused-ring (bicyclic) bond motifs is 2. The third-order valence-electron chi connectivity index (χ3n) is 6.95. The second-order valence-electron chi connectivity index (χ2n) is 9.17. The van der Waals surface area contributed by atoms with Crippen molar-refractivity contribution in [3.8, 4) is 11.5 Å². The van der Waals surface area contributed by atoms with Crippen LogP contribution >= 0.6 is 0 Å². The van der Waals surface area contributed by atoms with Crippen molar-refractivity contribution >= 4 is 28.6 Å². The van der Waals surface area contributed by atoms with E-state index >= 15 is 0 Å². The van der Waals surface area contributed by atoms with Crippen LogP contribution in [0.3, 0.4) is 0 Å². The van der Waals surface area contributed by atoms with Crippen LogP contribution in [0.2, 0.25) is 0 Å². The second kappa shape index (κ2) is 9.61. The van der Waals surface area contributed by atoms with Gasteiger partial charge in [-0.1, -0.05) is 19.1 Å². The summed E-state index contributed by atoms with van der Waals surface area (Å²) in [6.07, 6.45) is 1.67. The third-order valence-corrected chi connectivity index (χ3v) is 6.95. The first kappa shape index (κ1) is 24.4. The van der Waals surface area contributed by atoms with Crippen molar-refractivity contribution in [2.24, 2.45) is 16.7 Å². The Hall–Kier alpha value is -4.34. The van der Waals surface area contributed by atoms with E-state index in [1.54, 1.807) is 29.2 Å². The van der Waals surface area contributed by atoms with E-state index in [9.17, 15) is 9.59 Å². The van der Waals surface area contributed by atoms with Gasteiger partial charge in [0.25, 0.3) is 11.8 Å². The van der Waals surface area contributed by atoms with Crippen molar-refractivity contribution < 1.29 is 19.1 Å². The predicted molar refractivity (Wildman–Crippen MR) is 140 cm³/mol. The Bertz CT molecular complexity index is 1410. The summed E-state index contributed by atoms with van der Waals surface area (Å²) in [7, 11) is 0. The van der Waals surface area contributed by atoms with Crippen molar-refractivity contribution in [3.05, 3.63) is 64.8 Å². The number of carbonyl (C=O) groups excluding carboxylic acids is 2. The molecule has 10 nitrogen and oxygen atoms in total. The monoisotopic (exact) mass is 502 g/mol. The zero-order valence-corrected chi connectivity index (χ0v) is 20.9. The summed E-state index contributed by atoms with van der Waals surface area (Å²) < 4.78 is 12.1. The topological polar surface area (TPSA) is 145 Å². The minimum Gasteiger partial charge on any atom is -0.493 e. The van der Waals surface area contributed by atoms with Gasteiger partial charge >= 0.3 is 0 Å². The molecule has 0 bridgehead atoms. The number of aryl methyl sites for hydroxylation is 1.